The quantitative estimate of drug-likeness (QED) is 0.286. The third kappa shape index (κ3) is 5.90. The van der Waals surface area contributed by atoms with E-state index in [-0.39, 0.29) is 33.4 Å². The number of carbonyl (C=O) groups excluding carboxylic acids is 1. The van der Waals surface area contributed by atoms with Crippen LogP contribution in [0.2, 0.25) is 5.02 Å². The Bertz CT molecular complexity index is 1890. The van der Waals surface area contributed by atoms with Crippen molar-refractivity contribution < 1.29 is 31.1 Å². The van der Waals surface area contributed by atoms with E-state index in [2.05, 4.69) is 20.0 Å². The fourth-order valence-electron chi connectivity index (χ4n) is 4.27. The summed E-state index contributed by atoms with van der Waals surface area (Å²) >= 11 is 5.95. The lowest BCUT2D eigenvalue weighted by atomic mass is 10.0. The van der Waals surface area contributed by atoms with Crippen molar-refractivity contribution in [2.45, 2.75) is 36.7 Å². The molecule has 42 heavy (non-hydrogen) atoms. The van der Waals surface area contributed by atoms with Crippen molar-refractivity contribution in [3.63, 3.8) is 0 Å². The maximum Gasteiger partial charge on any atom is 0.270 e. The minimum absolute atomic E-state index is 0.0415. The Morgan fingerprint density at radius 2 is 1.93 bits per heavy atom. The zero-order valence-electron chi connectivity index (χ0n) is 22.1. The number of aromatic nitrogens is 3. The number of benzene rings is 2. The van der Waals surface area contributed by atoms with Gasteiger partial charge in [0.25, 0.3) is 21.5 Å². The van der Waals surface area contributed by atoms with Gasteiger partial charge in [0, 0.05) is 24.7 Å². The first-order valence-corrected chi connectivity index (χ1v) is 14.3. The molecule has 0 saturated heterocycles. The van der Waals surface area contributed by atoms with Crippen LogP contribution in [0, 0.1) is 11.7 Å². The second kappa shape index (κ2) is 10.9. The molecular formula is C27H23ClF3N5O5S. The van der Waals surface area contributed by atoms with Crippen LogP contribution in [0.25, 0.3) is 22.0 Å². The first kappa shape index (κ1) is 29.3. The topological polar surface area (TPSA) is 132 Å². The van der Waals surface area contributed by atoms with E-state index in [1.807, 2.05) is 0 Å². The first-order chi connectivity index (χ1) is 19.8. The van der Waals surface area contributed by atoms with Gasteiger partial charge in [-0.1, -0.05) is 24.6 Å². The number of alkyl halides is 2. The van der Waals surface area contributed by atoms with Crippen molar-refractivity contribution in [3.8, 4) is 17.0 Å². The zero-order chi connectivity index (χ0) is 30.4. The molecule has 2 aromatic heterocycles. The van der Waals surface area contributed by atoms with E-state index < -0.39 is 51.6 Å². The van der Waals surface area contributed by atoms with Gasteiger partial charge in [-0.05, 0) is 42.0 Å². The van der Waals surface area contributed by atoms with Gasteiger partial charge in [0.1, 0.15) is 16.4 Å². The van der Waals surface area contributed by atoms with Crippen LogP contribution in [0.4, 0.5) is 18.9 Å². The lowest BCUT2D eigenvalue weighted by Gasteiger charge is -2.15. The van der Waals surface area contributed by atoms with E-state index in [4.69, 9.17) is 16.3 Å². The number of sulfonamides is 1. The number of hydrogen-bond acceptors (Lipinski definition) is 7. The SMILES string of the molecule is COc1ncc(-c2ccc3ncn(C[C@H](C)C(=O)N[C@@H]4CC4(F)F)c(=O)c3c2)cc1NS(=O)(=O)c1ccc(F)cc1Cl. The largest absolute Gasteiger partial charge is 0.480 e. The maximum absolute atomic E-state index is 13.5. The number of fused-ring (bicyclic) bond motifs is 1. The highest BCUT2D eigenvalue weighted by atomic mass is 35.5. The molecule has 1 aliphatic rings. The molecule has 5 rings (SSSR count). The van der Waals surface area contributed by atoms with E-state index in [0.29, 0.717) is 16.6 Å². The van der Waals surface area contributed by atoms with Crippen molar-refractivity contribution in [3.05, 3.63) is 76.2 Å². The summed E-state index contributed by atoms with van der Waals surface area (Å²) in [6.45, 7) is 1.44. The third-order valence-corrected chi connectivity index (χ3v) is 8.54. The Hall–Kier alpha value is -4.17. The molecule has 0 spiro atoms. The van der Waals surface area contributed by atoms with E-state index in [9.17, 15) is 31.2 Å². The lowest BCUT2D eigenvalue weighted by molar-refractivity contribution is -0.125. The summed E-state index contributed by atoms with van der Waals surface area (Å²) < 4.78 is 74.6. The molecule has 10 nitrogen and oxygen atoms in total. The van der Waals surface area contributed by atoms with Gasteiger partial charge in [0.15, 0.2) is 0 Å². The van der Waals surface area contributed by atoms with Gasteiger partial charge in [-0.15, -0.1) is 0 Å². The third-order valence-electron chi connectivity index (χ3n) is 6.69. The highest BCUT2D eigenvalue weighted by molar-refractivity contribution is 7.92. The van der Waals surface area contributed by atoms with Gasteiger partial charge in [-0.25, -0.2) is 31.6 Å². The van der Waals surface area contributed by atoms with Crippen LogP contribution in [0.15, 0.2) is 64.7 Å². The Kier molecular flexibility index (Phi) is 7.62. The van der Waals surface area contributed by atoms with Gasteiger partial charge in [0.2, 0.25) is 11.8 Å². The fraction of sp³-hybridized carbons (Fsp3) is 0.259. The van der Waals surface area contributed by atoms with Crippen molar-refractivity contribution in [1.82, 2.24) is 19.9 Å². The van der Waals surface area contributed by atoms with E-state index >= 15 is 0 Å². The summed E-state index contributed by atoms with van der Waals surface area (Å²) in [5.74, 6) is -5.04. The summed E-state index contributed by atoms with van der Waals surface area (Å²) in [4.78, 5) is 33.7. The normalized spacial score (nSPS) is 16.6. The summed E-state index contributed by atoms with van der Waals surface area (Å²) in [6, 6.07) is 7.89. The minimum atomic E-state index is -4.27. The molecule has 0 aliphatic heterocycles. The Balaban J connectivity index is 1.44. The number of amides is 1. The molecule has 1 fully saturated rings. The van der Waals surface area contributed by atoms with E-state index in [1.165, 1.54) is 43.3 Å². The molecule has 220 valence electrons. The molecule has 4 aromatic rings. The molecule has 0 bridgehead atoms. The van der Waals surface area contributed by atoms with Crippen LogP contribution < -0.4 is 20.3 Å². The van der Waals surface area contributed by atoms with Crippen LogP contribution in [-0.4, -0.2) is 47.9 Å². The van der Waals surface area contributed by atoms with Crippen LogP contribution in [-0.2, 0) is 21.4 Å². The van der Waals surface area contributed by atoms with E-state index in [1.54, 1.807) is 12.1 Å². The van der Waals surface area contributed by atoms with Crippen LogP contribution >= 0.6 is 11.6 Å². The molecule has 0 unspecified atom stereocenters. The minimum Gasteiger partial charge on any atom is -0.480 e. The Morgan fingerprint density at radius 3 is 2.60 bits per heavy atom. The highest BCUT2D eigenvalue weighted by Crippen LogP contribution is 2.41. The fourth-order valence-corrected chi connectivity index (χ4v) is 5.85. The summed E-state index contributed by atoms with van der Waals surface area (Å²) in [5, 5.41) is 2.17. The summed E-state index contributed by atoms with van der Waals surface area (Å²) in [6.07, 6.45) is 2.29. The number of methoxy groups -OCH3 is 1. The average molecular weight is 622 g/mol. The molecule has 1 amide bonds. The predicted octanol–water partition coefficient (Wildman–Crippen LogP) is 4.22. The zero-order valence-corrected chi connectivity index (χ0v) is 23.6. The Morgan fingerprint density at radius 1 is 1.19 bits per heavy atom. The van der Waals surface area contributed by atoms with Gasteiger partial charge >= 0.3 is 0 Å². The van der Waals surface area contributed by atoms with Crippen molar-refractivity contribution in [2.24, 2.45) is 5.92 Å². The number of pyridine rings is 1. The Labute approximate surface area is 242 Å². The van der Waals surface area contributed by atoms with Crippen LogP contribution in [0.1, 0.15) is 13.3 Å². The molecule has 1 saturated carbocycles. The average Bonchev–Trinajstić information content (AvgIpc) is 3.54. The molecular weight excluding hydrogens is 599 g/mol. The van der Waals surface area contributed by atoms with Gasteiger partial charge in [-0.3, -0.25) is 18.9 Å². The van der Waals surface area contributed by atoms with Gasteiger partial charge in [-0.2, -0.15) is 0 Å². The number of halogens is 4. The van der Waals surface area contributed by atoms with Crippen LogP contribution in [0.5, 0.6) is 5.88 Å². The number of hydrogen-bond donors (Lipinski definition) is 2. The number of carbonyl (C=O) groups is 1. The lowest BCUT2D eigenvalue weighted by Crippen LogP contribution is -2.37. The number of rotatable bonds is 9. The molecule has 2 heterocycles. The smallest absolute Gasteiger partial charge is 0.270 e. The monoisotopic (exact) mass is 621 g/mol. The van der Waals surface area contributed by atoms with Crippen LogP contribution in [0.3, 0.4) is 0 Å². The number of anilines is 1. The molecule has 0 radical (unpaired) electrons. The van der Waals surface area contributed by atoms with E-state index in [0.717, 1.165) is 18.2 Å². The van der Waals surface area contributed by atoms with Crippen molar-refractivity contribution in [1.29, 1.82) is 0 Å². The highest BCUT2D eigenvalue weighted by Gasteiger charge is 2.58. The summed E-state index contributed by atoms with van der Waals surface area (Å²) in [5.41, 5.74) is 0.750. The number of nitrogens with zero attached hydrogens (tertiary/aromatic N) is 3. The molecule has 1 aliphatic carbocycles. The van der Waals surface area contributed by atoms with Crippen molar-refractivity contribution >= 4 is 44.1 Å². The number of nitrogens with one attached hydrogen (secondary N) is 2. The number of ether oxygens (including phenoxy) is 1. The molecule has 2 atom stereocenters. The standard InChI is InChI=1S/C27H23ClF3N5O5S/c1-14(24(37)34-23-10-27(23,30)31)12-36-13-33-20-5-3-15(7-18(20)26(36)38)16-8-21(25(41-2)32-11-16)35-42(39,40)22-6-4-17(29)9-19(22)28/h3-9,11,13-14,23,35H,10,12H2,1-2H3,(H,34,37)/t14-,23+/m0/s1. The predicted molar refractivity (Wildman–Crippen MR) is 149 cm³/mol. The second-order valence-corrected chi connectivity index (χ2v) is 11.9. The second-order valence-electron chi connectivity index (χ2n) is 9.82. The van der Waals surface area contributed by atoms with Crippen molar-refractivity contribution in [2.75, 3.05) is 11.8 Å². The molecule has 2 N–H and O–H groups in total. The maximum atomic E-state index is 13.5. The van der Waals surface area contributed by atoms with Gasteiger partial charge < -0.3 is 10.1 Å². The van der Waals surface area contributed by atoms with Gasteiger partial charge in [0.05, 0.1) is 41.3 Å². The molecule has 15 heteroatoms. The first-order valence-electron chi connectivity index (χ1n) is 12.5. The molecule has 2 aromatic carbocycles. The summed E-state index contributed by atoms with van der Waals surface area (Å²) in [7, 11) is -2.98.